The summed E-state index contributed by atoms with van der Waals surface area (Å²) in [7, 11) is 0. The number of hydrogen-bond donors (Lipinski definition) is 2. The standard InChI is InChI=1S/C12H21N5O/c1-2-6-17-11(15-8-16-17)7-10-9(12(13)18)4-3-5-14-10/h8-10,14H,2-7H2,1H3,(H2,13,18). The van der Waals surface area contributed by atoms with Gasteiger partial charge in [0.2, 0.25) is 5.91 Å². The molecule has 18 heavy (non-hydrogen) atoms. The second-order valence-corrected chi connectivity index (χ2v) is 4.82. The molecule has 2 rings (SSSR count). The van der Waals surface area contributed by atoms with E-state index >= 15 is 0 Å². The molecule has 0 bridgehead atoms. The SMILES string of the molecule is CCCn1ncnc1CC1NCCCC1C(N)=O. The second-order valence-electron chi connectivity index (χ2n) is 4.82. The van der Waals surface area contributed by atoms with E-state index in [0.29, 0.717) is 6.42 Å². The fourth-order valence-corrected chi connectivity index (χ4v) is 2.55. The normalized spacial score (nSPS) is 24.1. The summed E-state index contributed by atoms with van der Waals surface area (Å²) < 4.78 is 1.91. The average molecular weight is 251 g/mol. The Labute approximate surface area is 107 Å². The van der Waals surface area contributed by atoms with E-state index < -0.39 is 0 Å². The van der Waals surface area contributed by atoms with Crippen molar-refractivity contribution in [3.63, 3.8) is 0 Å². The Morgan fingerprint density at radius 1 is 1.67 bits per heavy atom. The van der Waals surface area contributed by atoms with Gasteiger partial charge in [-0.25, -0.2) is 4.98 Å². The Balaban J connectivity index is 2.06. The van der Waals surface area contributed by atoms with Gasteiger partial charge in [-0.1, -0.05) is 6.92 Å². The third kappa shape index (κ3) is 2.87. The molecule has 100 valence electrons. The summed E-state index contributed by atoms with van der Waals surface area (Å²) >= 11 is 0. The van der Waals surface area contributed by atoms with E-state index in [0.717, 1.165) is 38.2 Å². The van der Waals surface area contributed by atoms with E-state index in [2.05, 4.69) is 22.3 Å². The Bertz CT molecular complexity index is 403. The van der Waals surface area contributed by atoms with Crippen LogP contribution in [-0.2, 0) is 17.8 Å². The zero-order valence-corrected chi connectivity index (χ0v) is 10.8. The van der Waals surface area contributed by atoms with Crippen molar-refractivity contribution in [2.45, 2.75) is 45.2 Å². The molecule has 1 fully saturated rings. The van der Waals surface area contributed by atoms with E-state index in [1.54, 1.807) is 6.33 Å². The van der Waals surface area contributed by atoms with Crippen LogP contribution in [0.2, 0.25) is 0 Å². The zero-order valence-electron chi connectivity index (χ0n) is 10.8. The summed E-state index contributed by atoms with van der Waals surface area (Å²) in [6.45, 7) is 3.91. The number of nitrogens with zero attached hydrogens (tertiary/aromatic N) is 3. The van der Waals surface area contributed by atoms with Gasteiger partial charge >= 0.3 is 0 Å². The zero-order chi connectivity index (χ0) is 13.0. The first-order valence-electron chi connectivity index (χ1n) is 6.61. The maximum Gasteiger partial charge on any atom is 0.222 e. The van der Waals surface area contributed by atoms with Gasteiger partial charge in [0.25, 0.3) is 0 Å². The minimum Gasteiger partial charge on any atom is -0.369 e. The van der Waals surface area contributed by atoms with Gasteiger partial charge in [0, 0.05) is 19.0 Å². The molecule has 2 heterocycles. The topological polar surface area (TPSA) is 85.8 Å². The van der Waals surface area contributed by atoms with E-state index in [-0.39, 0.29) is 17.9 Å². The molecule has 0 aliphatic carbocycles. The van der Waals surface area contributed by atoms with Crippen molar-refractivity contribution in [2.75, 3.05) is 6.54 Å². The van der Waals surface area contributed by atoms with E-state index in [4.69, 9.17) is 5.73 Å². The first kappa shape index (κ1) is 13.0. The largest absolute Gasteiger partial charge is 0.369 e. The van der Waals surface area contributed by atoms with Gasteiger partial charge in [-0.15, -0.1) is 0 Å². The van der Waals surface area contributed by atoms with Gasteiger partial charge < -0.3 is 11.1 Å². The summed E-state index contributed by atoms with van der Waals surface area (Å²) in [5, 5.41) is 7.58. The third-order valence-corrected chi connectivity index (χ3v) is 3.48. The fourth-order valence-electron chi connectivity index (χ4n) is 2.55. The molecule has 6 heteroatoms. The highest BCUT2D eigenvalue weighted by Crippen LogP contribution is 2.19. The number of nitrogens with one attached hydrogen (secondary N) is 1. The summed E-state index contributed by atoms with van der Waals surface area (Å²) in [6, 6.07) is 0.0936. The molecular formula is C12H21N5O. The maximum absolute atomic E-state index is 11.4. The molecular weight excluding hydrogens is 230 g/mol. The van der Waals surface area contributed by atoms with Crippen LogP contribution in [0.1, 0.15) is 32.0 Å². The van der Waals surface area contributed by atoms with Crippen molar-refractivity contribution >= 4 is 5.91 Å². The Morgan fingerprint density at radius 2 is 2.50 bits per heavy atom. The van der Waals surface area contributed by atoms with Crippen LogP contribution in [0.25, 0.3) is 0 Å². The van der Waals surface area contributed by atoms with Gasteiger partial charge in [0.1, 0.15) is 12.2 Å². The lowest BCUT2D eigenvalue weighted by atomic mass is 9.88. The molecule has 0 aromatic carbocycles. The molecule has 2 unspecified atom stereocenters. The lowest BCUT2D eigenvalue weighted by molar-refractivity contribution is -0.123. The van der Waals surface area contributed by atoms with Gasteiger partial charge in [-0.2, -0.15) is 5.10 Å². The molecule has 2 atom stereocenters. The molecule has 0 saturated carbocycles. The molecule has 1 aliphatic rings. The summed E-state index contributed by atoms with van der Waals surface area (Å²) in [5.74, 6) is 0.627. The Kier molecular flexibility index (Phi) is 4.30. The van der Waals surface area contributed by atoms with Crippen molar-refractivity contribution in [1.29, 1.82) is 0 Å². The van der Waals surface area contributed by atoms with E-state index in [1.165, 1.54) is 0 Å². The van der Waals surface area contributed by atoms with Gasteiger partial charge in [-0.3, -0.25) is 9.48 Å². The average Bonchev–Trinajstić information content (AvgIpc) is 2.78. The first-order valence-corrected chi connectivity index (χ1v) is 6.61. The van der Waals surface area contributed by atoms with Crippen LogP contribution in [0.4, 0.5) is 0 Å². The molecule has 6 nitrogen and oxygen atoms in total. The monoisotopic (exact) mass is 251 g/mol. The van der Waals surface area contributed by atoms with Crippen molar-refractivity contribution in [2.24, 2.45) is 11.7 Å². The number of rotatable bonds is 5. The smallest absolute Gasteiger partial charge is 0.222 e. The molecule has 0 radical (unpaired) electrons. The first-order chi connectivity index (χ1) is 8.72. The predicted molar refractivity (Wildman–Crippen MR) is 67.7 cm³/mol. The summed E-state index contributed by atoms with van der Waals surface area (Å²) in [5.41, 5.74) is 5.46. The number of amides is 1. The van der Waals surface area contributed by atoms with Crippen LogP contribution < -0.4 is 11.1 Å². The number of primary amides is 1. The summed E-state index contributed by atoms with van der Waals surface area (Å²) in [6.07, 6.45) is 5.19. The van der Waals surface area contributed by atoms with Crippen molar-refractivity contribution in [3.05, 3.63) is 12.2 Å². The highest BCUT2D eigenvalue weighted by molar-refractivity contribution is 5.77. The minimum atomic E-state index is -0.214. The number of carbonyl (C=O) groups is 1. The number of piperidine rings is 1. The fraction of sp³-hybridized carbons (Fsp3) is 0.750. The summed E-state index contributed by atoms with van der Waals surface area (Å²) in [4.78, 5) is 15.7. The van der Waals surface area contributed by atoms with Gasteiger partial charge in [0.15, 0.2) is 0 Å². The van der Waals surface area contributed by atoms with Crippen LogP contribution in [0.5, 0.6) is 0 Å². The Hall–Kier alpha value is -1.43. The van der Waals surface area contributed by atoms with E-state index in [9.17, 15) is 4.79 Å². The number of aromatic nitrogens is 3. The number of hydrogen-bond acceptors (Lipinski definition) is 4. The van der Waals surface area contributed by atoms with Crippen molar-refractivity contribution < 1.29 is 4.79 Å². The number of aryl methyl sites for hydroxylation is 1. The van der Waals surface area contributed by atoms with Gasteiger partial charge in [-0.05, 0) is 25.8 Å². The molecule has 3 N–H and O–H groups in total. The highest BCUT2D eigenvalue weighted by Gasteiger charge is 2.30. The molecule has 1 aliphatic heterocycles. The minimum absolute atomic E-state index is 0.0921. The molecule has 1 aromatic heterocycles. The van der Waals surface area contributed by atoms with Crippen LogP contribution >= 0.6 is 0 Å². The van der Waals surface area contributed by atoms with Crippen LogP contribution in [-0.4, -0.2) is 33.3 Å². The molecule has 1 aromatic rings. The van der Waals surface area contributed by atoms with Crippen LogP contribution in [0.15, 0.2) is 6.33 Å². The van der Waals surface area contributed by atoms with Crippen LogP contribution in [0, 0.1) is 5.92 Å². The molecule has 1 amide bonds. The lowest BCUT2D eigenvalue weighted by Crippen LogP contribution is -2.48. The van der Waals surface area contributed by atoms with Gasteiger partial charge in [0.05, 0.1) is 5.92 Å². The second kappa shape index (κ2) is 5.95. The Morgan fingerprint density at radius 3 is 3.22 bits per heavy atom. The van der Waals surface area contributed by atoms with Crippen LogP contribution in [0.3, 0.4) is 0 Å². The lowest BCUT2D eigenvalue weighted by Gasteiger charge is -2.30. The quantitative estimate of drug-likeness (QED) is 0.776. The van der Waals surface area contributed by atoms with Crippen molar-refractivity contribution in [3.8, 4) is 0 Å². The number of carbonyl (C=O) groups excluding carboxylic acids is 1. The predicted octanol–water partition coefficient (Wildman–Crippen LogP) is 0.0841. The van der Waals surface area contributed by atoms with Crippen molar-refractivity contribution in [1.82, 2.24) is 20.1 Å². The highest BCUT2D eigenvalue weighted by atomic mass is 16.1. The maximum atomic E-state index is 11.4. The third-order valence-electron chi connectivity index (χ3n) is 3.48. The molecule has 1 saturated heterocycles. The molecule has 0 spiro atoms. The number of nitrogens with two attached hydrogens (primary N) is 1. The van der Waals surface area contributed by atoms with E-state index in [1.807, 2.05) is 4.68 Å².